The van der Waals surface area contributed by atoms with Crippen LogP contribution in [-0.2, 0) is 0 Å². The summed E-state index contributed by atoms with van der Waals surface area (Å²) < 4.78 is 11.4. The number of ether oxygens (including phenoxy) is 1. The summed E-state index contributed by atoms with van der Waals surface area (Å²) in [6, 6.07) is 16.5. The smallest absolute Gasteiger partial charge is 0.295 e. The molecule has 1 aromatic heterocycles. The summed E-state index contributed by atoms with van der Waals surface area (Å²) in [4.78, 5) is 28.8. The van der Waals surface area contributed by atoms with Gasteiger partial charge >= 0.3 is 0 Å². The van der Waals surface area contributed by atoms with Crippen LogP contribution in [0.2, 0.25) is 0 Å². The molecule has 1 amide bonds. The number of anilines is 1. The standard InChI is InChI=1S/C26H21NO5/c1-14-11-20-21(12-15(14)2)32-25-22(24(20)29)23(16-7-9-18(28)10-8-16)27(26(25)30)17-5-4-6-19(13-17)31-3/h4-13,23,28H,1-3H3. The zero-order valence-electron chi connectivity index (χ0n) is 17.9. The van der Waals surface area contributed by atoms with E-state index in [0.717, 1.165) is 11.1 Å². The topological polar surface area (TPSA) is 80.0 Å². The number of carbonyl (C=O) groups excluding carboxylic acids is 1. The molecule has 1 atom stereocenters. The molecule has 4 aromatic rings. The van der Waals surface area contributed by atoms with Crippen LogP contribution in [-0.4, -0.2) is 18.1 Å². The van der Waals surface area contributed by atoms with Gasteiger partial charge in [-0.25, -0.2) is 0 Å². The summed E-state index contributed by atoms with van der Waals surface area (Å²) in [5.74, 6) is 0.324. The van der Waals surface area contributed by atoms with Gasteiger partial charge in [0, 0.05) is 11.8 Å². The van der Waals surface area contributed by atoms with Crippen molar-refractivity contribution in [3.05, 3.63) is 98.9 Å². The molecule has 1 aliphatic rings. The number of methoxy groups -OCH3 is 1. The molecular formula is C26H21NO5. The highest BCUT2D eigenvalue weighted by molar-refractivity contribution is 6.10. The number of rotatable bonds is 3. The molecule has 2 heterocycles. The van der Waals surface area contributed by atoms with Crippen molar-refractivity contribution in [2.24, 2.45) is 0 Å². The van der Waals surface area contributed by atoms with E-state index in [9.17, 15) is 14.7 Å². The summed E-state index contributed by atoms with van der Waals surface area (Å²) in [5, 5.41) is 10.2. The van der Waals surface area contributed by atoms with Crippen molar-refractivity contribution in [2.45, 2.75) is 19.9 Å². The Balaban J connectivity index is 1.82. The zero-order valence-corrected chi connectivity index (χ0v) is 17.9. The van der Waals surface area contributed by atoms with E-state index in [1.165, 1.54) is 12.1 Å². The molecule has 0 saturated heterocycles. The molecule has 0 spiro atoms. The maximum Gasteiger partial charge on any atom is 0.295 e. The minimum absolute atomic E-state index is 0.0339. The second-order valence-corrected chi connectivity index (χ2v) is 7.98. The Morgan fingerprint density at radius 3 is 2.41 bits per heavy atom. The van der Waals surface area contributed by atoms with Crippen LogP contribution in [0.4, 0.5) is 5.69 Å². The van der Waals surface area contributed by atoms with E-state index in [1.54, 1.807) is 54.5 Å². The zero-order chi connectivity index (χ0) is 22.6. The third-order valence-corrected chi connectivity index (χ3v) is 6.03. The average Bonchev–Trinajstić information content (AvgIpc) is 3.08. The lowest BCUT2D eigenvalue weighted by atomic mass is 9.97. The first-order valence-electron chi connectivity index (χ1n) is 10.2. The summed E-state index contributed by atoms with van der Waals surface area (Å²) >= 11 is 0. The average molecular weight is 427 g/mol. The maximum absolute atomic E-state index is 13.7. The van der Waals surface area contributed by atoms with Crippen LogP contribution in [0.25, 0.3) is 11.0 Å². The minimum Gasteiger partial charge on any atom is -0.508 e. The number of phenols is 1. The summed E-state index contributed by atoms with van der Waals surface area (Å²) in [6.45, 7) is 3.87. The molecule has 0 fully saturated rings. The molecule has 6 nitrogen and oxygen atoms in total. The van der Waals surface area contributed by atoms with Crippen LogP contribution >= 0.6 is 0 Å². The quantitative estimate of drug-likeness (QED) is 0.504. The number of aromatic hydroxyl groups is 1. The van der Waals surface area contributed by atoms with E-state index in [4.69, 9.17) is 9.15 Å². The van der Waals surface area contributed by atoms with Crippen molar-refractivity contribution in [1.82, 2.24) is 0 Å². The van der Waals surface area contributed by atoms with E-state index in [-0.39, 0.29) is 16.9 Å². The number of hydrogen-bond acceptors (Lipinski definition) is 5. The van der Waals surface area contributed by atoms with E-state index in [1.807, 2.05) is 19.9 Å². The van der Waals surface area contributed by atoms with Gasteiger partial charge in [0.2, 0.25) is 5.76 Å². The Bertz CT molecular complexity index is 1440. The van der Waals surface area contributed by atoms with Gasteiger partial charge in [0.05, 0.1) is 24.1 Å². The third kappa shape index (κ3) is 2.95. The van der Waals surface area contributed by atoms with Gasteiger partial charge in [-0.05, 0) is 66.9 Å². The van der Waals surface area contributed by atoms with Gasteiger partial charge in [-0.15, -0.1) is 0 Å². The molecule has 0 saturated carbocycles. The molecule has 0 radical (unpaired) electrons. The highest BCUT2D eigenvalue weighted by Crippen LogP contribution is 2.42. The van der Waals surface area contributed by atoms with Gasteiger partial charge in [0.15, 0.2) is 5.43 Å². The SMILES string of the molecule is COc1cccc(N2C(=O)c3oc4cc(C)c(C)cc4c(=O)c3C2c2ccc(O)cc2)c1. The lowest BCUT2D eigenvalue weighted by Gasteiger charge is -2.25. The van der Waals surface area contributed by atoms with Crippen LogP contribution in [0.1, 0.15) is 38.9 Å². The Morgan fingerprint density at radius 2 is 1.69 bits per heavy atom. The first-order valence-corrected chi connectivity index (χ1v) is 10.2. The molecule has 1 N–H and O–H groups in total. The molecule has 1 unspecified atom stereocenters. The van der Waals surface area contributed by atoms with Crippen LogP contribution in [0.3, 0.4) is 0 Å². The molecule has 6 heteroatoms. The predicted molar refractivity (Wildman–Crippen MR) is 122 cm³/mol. The number of hydrogen-bond donors (Lipinski definition) is 1. The van der Waals surface area contributed by atoms with Gasteiger partial charge in [0.1, 0.15) is 17.1 Å². The molecule has 160 valence electrons. The van der Waals surface area contributed by atoms with Crippen LogP contribution in [0.5, 0.6) is 11.5 Å². The molecule has 3 aromatic carbocycles. The van der Waals surface area contributed by atoms with Crippen LogP contribution < -0.4 is 15.1 Å². The Morgan fingerprint density at radius 1 is 0.969 bits per heavy atom. The number of carbonyl (C=O) groups is 1. The lowest BCUT2D eigenvalue weighted by Crippen LogP contribution is -2.29. The highest BCUT2D eigenvalue weighted by atomic mass is 16.5. The fourth-order valence-corrected chi connectivity index (χ4v) is 4.23. The molecule has 0 aliphatic carbocycles. The fraction of sp³-hybridized carbons (Fsp3) is 0.154. The first kappa shape index (κ1) is 19.9. The van der Waals surface area contributed by atoms with Crippen molar-refractivity contribution in [3.63, 3.8) is 0 Å². The van der Waals surface area contributed by atoms with Crippen molar-refractivity contribution in [2.75, 3.05) is 12.0 Å². The molecular weight excluding hydrogens is 406 g/mol. The predicted octanol–water partition coefficient (Wildman–Crippen LogP) is 4.87. The summed E-state index contributed by atoms with van der Waals surface area (Å²) in [5.41, 5.74) is 3.66. The van der Waals surface area contributed by atoms with E-state index in [0.29, 0.717) is 33.5 Å². The number of amides is 1. The number of fused-ring (bicyclic) bond motifs is 2. The van der Waals surface area contributed by atoms with Gasteiger partial charge in [0.25, 0.3) is 5.91 Å². The summed E-state index contributed by atoms with van der Waals surface area (Å²) in [6.07, 6.45) is 0. The Kier molecular flexibility index (Phi) is 4.51. The Labute approximate surface area is 184 Å². The van der Waals surface area contributed by atoms with Crippen molar-refractivity contribution >= 4 is 22.6 Å². The molecule has 0 bridgehead atoms. The third-order valence-electron chi connectivity index (χ3n) is 6.03. The number of benzene rings is 3. The Hall–Kier alpha value is -4.06. The van der Waals surface area contributed by atoms with Gasteiger partial charge in [-0.2, -0.15) is 0 Å². The van der Waals surface area contributed by atoms with Crippen LogP contribution in [0.15, 0.2) is 69.9 Å². The molecule has 1 aliphatic heterocycles. The van der Waals surface area contributed by atoms with Crippen molar-refractivity contribution in [3.8, 4) is 11.5 Å². The van der Waals surface area contributed by atoms with E-state index >= 15 is 0 Å². The normalized spacial score (nSPS) is 15.3. The number of nitrogens with zero attached hydrogens (tertiary/aromatic N) is 1. The lowest BCUT2D eigenvalue weighted by molar-refractivity contribution is 0.0971. The number of aryl methyl sites for hydroxylation is 2. The first-order chi connectivity index (χ1) is 15.4. The monoisotopic (exact) mass is 427 g/mol. The van der Waals surface area contributed by atoms with Gasteiger partial charge < -0.3 is 14.3 Å². The minimum atomic E-state index is -0.701. The molecule has 32 heavy (non-hydrogen) atoms. The van der Waals surface area contributed by atoms with E-state index < -0.39 is 11.9 Å². The second kappa shape index (κ2) is 7.27. The van der Waals surface area contributed by atoms with Crippen molar-refractivity contribution < 1.29 is 19.1 Å². The molecule has 5 rings (SSSR count). The number of phenolic OH excluding ortho intramolecular Hbond substituents is 1. The second-order valence-electron chi connectivity index (χ2n) is 7.98. The fourth-order valence-electron chi connectivity index (χ4n) is 4.23. The van der Waals surface area contributed by atoms with E-state index in [2.05, 4.69) is 0 Å². The van der Waals surface area contributed by atoms with Gasteiger partial charge in [-0.3, -0.25) is 14.5 Å². The van der Waals surface area contributed by atoms with Gasteiger partial charge in [-0.1, -0.05) is 18.2 Å². The summed E-state index contributed by atoms with van der Waals surface area (Å²) in [7, 11) is 1.56. The van der Waals surface area contributed by atoms with Crippen molar-refractivity contribution in [1.29, 1.82) is 0 Å². The van der Waals surface area contributed by atoms with Crippen LogP contribution in [0, 0.1) is 13.8 Å². The highest BCUT2D eigenvalue weighted by Gasteiger charge is 2.43. The maximum atomic E-state index is 13.7. The largest absolute Gasteiger partial charge is 0.508 e.